The van der Waals surface area contributed by atoms with Crippen LogP contribution in [0.4, 0.5) is 0 Å². The van der Waals surface area contributed by atoms with E-state index in [1.165, 1.54) is 6.92 Å². The predicted octanol–water partition coefficient (Wildman–Crippen LogP) is -1.38. The Morgan fingerprint density at radius 1 is 1.43 bits per heavy atom. The van der Waals surface area contributed by atoms with Crippen LogP contribution in [0, 0.1) is 0 Å². The molecule has 2 N–H and O–H groups in total. The first-order valence-corrected chi connectivity index (χ1v) is 3.98. The molecule has 1 amide bonds. The van der Waals surface area contributed by atoms with Gasteiger partial charge in [-0.15, -0.1) is 0 Å². The molecule has 0 saturated heterocycles. The average molecular weight is 203 g/mol. The molecule has 6 heteroatoms. The van der Waals surface area contributed by atoms with Gasteiger partial charge in [0.15, 0.2) is 6.04 Å². The van der Waals surface area contributed by atoms with Crippen LogP contribution < -0.4 is 5.32 Å². The molecule has 0 spiro atoms. The van der Waals surface area contributed by atoms with Crippen molar-refractivity contribution in [2.45, 2.75) is 19.4 Å². The van der Waals surface area contributed by atoms with Crippen molar-refractivity contribution in [1.29, 1.82) is 0 Å². The molecular weight excluding hydrogens is 190 g/mol. The van der Waals surface area contributed by atoms with E-state index in [1.807, 2.05) is 0 Å². The van der Waals surface area contributed by atoms with Crippen molar-refractivity contribution < 1.29 is 24.2 Å². The van der Waals surface area contributed by atoms with E-state index in [0.717, 1.165) is 7.11 Å². The number of rotatable bonds is 5. The maximum atomic E-state index is 11.0. The highest BCUT2D eigenvalue weighted by atomic mass is 16.5. The zero-order valence-corrected chi connectivity index (χ0v) is 8.07. The molecule has 14 heavy (non-hydrogen) atoms. The van der Waals surface area contributed by atoms with E-state index < -0.39 is 24.5 Å². The van der Waals surface area contributed by atoms with E-state index in [-0.39, 0.29) is 12.2 Å². The fraction of sp³-hybridized carbons (Fsp3) is 0.625. The van der Waals surface area contributed by atoms with Gasteiger partial charge in [0.2, 0.25) is 5.91 Å². The quantitative estimate of drug-likeness (QED) is 0.424. The molecule has 0 aromatic rings. The molecule has 6 nitrogen and oxygen atoms in total. The number of ether oxygens (including phenoxy) is 1. The highest BCUT2D eigenvalue weighted by Gasteiger charge is 2.20. The number of amides is 1. The second-order valence-corrected chi connectivity index (χ2v) is 2.70. The van der Waals surface area contributed by atoms with Crippen molar-refractivity contribution in [2.24, 2.45) is 0 Å². The first kappa shape index (κ1) is 12.6. The number of methoxy groups -OCH3 is 1. The summed E-state index contributed by atoms with van der Waals surface area (Å²) in [6.45, 7) is 0.696. The van der Waals surface area contributed by atoms with Gasteiger partial charge in [-0.3, -0.25) is 9.59 Å². The van der Waals surface area contributed by atoms with Crippen LogP contribution in [0.1, 0.15) is 13.3 Å². The molecule has 1 unspecified atom stereocenters. The normalized spacial score (nSPS) is 11.6. The number of carbonyl (C=O) groups is 3. The monoisotopic (exact) mass is 203 g/mol. The number of ketones is 1. The summed E-state index contributed by atoms with van der Waals surface area (Å²) in [4.78, 5) is 32.4. The van der Waals surface area contributed by atoms with Crippen LogP contribution in [0.15, 0.2) is 0 Å². The molecule has 0 saturated carbocycles. The van der Waals surface area contributed by atoms with Gasteiger partial charge in [0.05, 0.1) is 20.1 Å². The Kier molecular flexibility index (Phi) is 5.47. The smallest absolute Gasteiger partial charge is 0.330 e. The molecule has 0 aromatic carbocycles. The van der Waals surface area contributed by atoms with Crippen LogP contribution in [0.2, 0.25) is 0 Å². The van der Waals surface area contributed by atoms with Crippen molar-refractivity contribution in [1.82, 2.24) is 5.32 Å². The third kappa shape index (κ3) is 4.56. The second kappa shape index (κ2) is 6.09. The Balaban J connectivity index is 4.11. The number of aliphatic hydroxyl groups excluding tert-OH is 1. The zero-order valence-electron chi connectivity index (χ0n) is 8.07. The van der Waals surface area contributed by atoms with Gasteiger partial charge >= 0.3 is 5.97 Å². The summed E-state index contributed by atoms with van der Waals surface area (Å²) in [6, 6.07) is -1.10. The molecule has 0 heterocycles. The number of Topliss-reactive ketones (excluding diaryl/α,β-unsaturated/α-hetero) is 1. The summed E-state index contributed by atoms with van der Waals surface area (Å²) in [7, 11) is 1.14. The fourth-order valence-corrected chi connectivity index (χ4v) is 0.793. The van der Waals surface area contributed by atoms with Crippen molar-refractivity contribution >= 4 is 17.7 Å². The molecule has 1 atom stereocenters. The lowest BCUT2D eigenvalue weighted by molar-refractivity contribution is -0.146. The van der Waals surface area contributed by atoms with Crippen LogP contribution in [0.25, 0.3) is 0 Å². The molecule has 0 aliphatic heterocycles. The first-order chi connectivity index (χ1) is 6.51. The molecule has 80 valence electrons. The maximum absolute atomic E-state index is 11.0. The standard InChI is InChI=1S/C8H13NO5/c1-5(11)3-7(12)9-6(4-10)8(13)14-2/h6,10H,3-4H2,1-2H3,(H,9,12). The van der Waals surface area contributed by atoms with Crippen LogP contribution in [-0.4, -0.2) is 42.5 Å². The molecular formula is C8H13NO5. The number of aliphatic hydroxyl groups is 1. The lowest BCUT2D eigenvalue weighted by Gasteiger charge is -2.12. The Hall–Kier alpha value is -1.43. The van der Waals surface area contributed by atoms with Crippen molar-refractivity contribution in [2.75, 3.05) is 13.7 Å². The molecule has 0 rings (SSSR count). The van der Waals surface area contributed by atoms with Crippen LogP contribution in [-0.2, 0) is 19.1 Å². The van der Waals surface area contributed by atoms with E-state index in [2.05, 4.69) is 10.1 Å². The summed E-state index contributed by atoms with van der Waals surface area (Å²) in [6.07, 6.45) is -0.312. The van der Waals surface area contributed by atoms with E-state index in [1.54, 1.807) is 0 Å². The van der Waals surface area contributed by atoms with Crippen molar-refractivity contribution in [3.8, 4) is 0 Å². The molecule has 0 bridgehead atoms. The molecule has 0 aliphatic rings. The summed E-state index contributed by atoms with van der Waals surface area (Å²) < 4.78 is 4.31. The van der Waals surface area contributed by atoms with Gasteiger partial charge in [0.1, 0.15) is 5.78 Å². The van der Waals surface area contributed by atoms with Gasteiger partial charge in [0, 0.05) is 0 Å². The van der Waals surface area contributed by atoms with Crippen molar-refractivity contribution in [3.63, 3.8) is 0 Å². The summed E-state index contributed by atoms with van der Waals surface area (Å²) in [5, 5.41) is 10.9. The summed E-state index contributed by atoms with van der Waals surface area (Å²) in [5.74, 6) is -1.67. The maximum Gasteiger partial charge on any atom is 0.330 e. The number of hydrogen-bond acceptors (Lipinski definition) is 5. The van der Waals surface area contributed by atoms with E-state index in [0.29, 0.717) is 0 Å². The lowest BCUT2D eigenvalue weighted by Crippen LogP contribution is -2.44. The van der Waals surface area contributed by atoms with Crippen molar-refractivity contribution in [3.05, 3.63) is 0 Å². The minimum atomic E-state index is -1.10. The van der Waals surface area contributed by atoms with Crippen LogP contribution in [0.3, 0.4) is 0 Å². The minimum absolute atomic E-state index is 0.312. The van der Waals surface area contributed by atoms with Gasteiger partial charge in [0.25, 0.3) is 0 Å². The Bertz CT molecular complexity index is 238. The lowest BCUT2D eigenvalue weighted by atomic mass is 10.2. The average Bonchev–Trinajstić information content (AvgIpc) is 2.11. The van der Waals surface area contributed by atoms with Crippen LogP contribution >= 0.6 is 0 Å². The fourth-order valence-electron chi connectivity index (χ4n) is 0.793. The molecule has 0 radical (unpaired) electrons. The van der Waals surface area contributed by atoms with Gasteiger partial charge in [-0.1, -0.05) is 0 Å². The van der Waals surface area contributed by atoms with Crippen LogP contribution in [0.5, 0.6) is 0 Å². The number of esters is 1. The van der Waals surface area contributed by atoms with Gasteiger partial charge in [-0.2, -0.15) is 0 Å². The Morgan fingerprint density at radius 2 is 2.00 bits per heavy atom. The van der Waals surface area contributed by atoms with Gasteiger partial charge in [-0.25, -0.2) is 4.79 Å². The number of nitrogens with one attached hydrogen (secondary N) is 1. The third-order valence-corrected chi connectivity index (χ3v) is 1.41. The first-order valence-electron chi connectivity index (χ1n) is 3.98. The largest absolute Gasteiger partial charge is 0.467 e. The highest BCUT2D eigenvalue weighted by molar-refractivity contribution is 5.98. The van der Waals surface area contributed by atoms with E-state index in [4.69, 9.17) is 5.11 Å². The molecule has 0 aliphatic carbocycles. The number of hydrogen-bond donors (Lipinski definition) is 2. The highest BCUT2D eigenvalue weighted by Crippen LogP contribution is 1.89. The minimum Gasteiger partial charge on any atom is -0.467 e. The second-order valence-electron chi connectivity index (χ2n) is 2.70. The zero-order chi connectivity index (χ0) is 11.1. The molecule has 0 fully saturated rings. The Morgan fingerprint density at radius 3 is 2.36 bits per heavy atom. The summed E-state index contributed by atoms with van der Waals surface area (Å²) >= 11 is 0. The SMILES string of the molecule is COC(=O)C(CO)NC(=O)CC(C)=O. The number of carbonyl (C=O) groups excluding carboxylic acids is 3. The summed E-state index contributed by atoms with van der Waals surface area (Å²) in [5.41, 5.74) is 0. The van der Waals surface area contributed by atoms with E-state index >= 15 is 0 Å². The Labute approximate surface area is 81.2 Å². The molecule has 0 aromatic heterocycles. The van der Waals surface area contributed by atoms with E-state index in [9.17, 15) is 14.4 Å². The van der Waals surface area contributed by atoms with Gasteiger partial charge in [-0.05, 0) is 6.92 Å². The predicted molar refractivity (Wildman–Crippen MR) is 46.3 cm³/mol. The van der Waals surface area contributed by atoms with Gasteiger partial charge < -0.3 is 15.2 Å². The third-order valence-electron chi connectivity index (χ3n) is 1.41. The topological polar surface area (TPSA) is 92.7 Å².